The number of nitrogens with one attached hydrogen (secondary N) is 2. The molecular weight excluding hydrogens is 302 g/mol. The van der Waals surface area contributed by atoms with Gasteiger partial charge in [-0.1, -0.05) is 0 Å². The van der Waals surface area contributed by atoms with Gasteiger partial charge in [0, 0.05) is 25.3 Å². The van der Waals surface area contributed by atoms with Gasteiger partial charge in [0.15, 0.2) is 5.96 Å². The predicted molar refractivity (Wildman–Crippen MR) is 92.3 cm³/mol. The zero-order valence-electron chi connectivity index (χ0n) is 12.2. The molecule has 2 aromatic rings. The van der Waals surface area contributed by atoms with E-state index in [9.17, 15) is 0 Å². The number of thioether (sulfide) groups is 1. The monoisotopic (exact) mass is 323 g/mol. The molecule has 0 aliphatic heterocycles. The number of rotatable bonds is 8. The molecule has 2 heterocycles. The maximum atomic E-state index is 5.33. The van der Waals surface area contributed by atoms with Crippen LogP contribution in [0.3, 0.4) is 0 Å². The molecular formula is C15H21N3OS2. The lowest BCUT2D eigenvalue weighted by molar-refractivity contribution is 0.507. The summed E-state index contributed by atoms with van der Waals surface area (Å²) < 4.78 is 5.33. The topological polar surface area (TPSA) is 49.6 Å². The third-order valence-electron chi connectivity index (χ3n) is 2.84. The highest BCUT2D eigenvalue weighted by atomic mass is 32.2. The van der Waals surface area contributed by atoms with Crippen LogP contribution in [0, 0.1) is 0 Å². The van der Waals surface area contributed by atoms with Crippen LogP contribution in [0.15, 0.2) is 44.6 Å². The van der Waals surface area contributed by atoms with Crippen LogP contribution in [0.2, 0.25) is 0 Å². The molecule has 0 fully saturated rings. The van der Waals surface area contributed by atoms with Crippen molar-refractivity contribution in [1.29, 1.82) is 0 Å². The van der Waals surface area contributed by atoms with Crippen LogP contribution in [0.1, 0.15) is 11.3 Å². The van der Waals surface area contributed by atoms with Gasteiger partial charge in [-0.3, -0.25) is 0 Å². The molecule has 0 atom stereocenters. The van der Waals surface area contributed by atoms with Crippen molar-refractivity contribution in [1.82, 2.24) is 10.6 Å². The Hall–Kier alpha value is -1.40. The molecule has 2 rings (SSSR count). The molecule has 0 saturated heterocycles. The third-order valence-corrected chi connectivity index (χ3v) is 4.19. The fraction of sp³-hybridized carbons (Fsp3) is 0.400. The van der Waals surface area contributed by atoms with Crippen molar-refractivity contribution < 1.29 is 4.42 Å². The Morgan fingerprint density at radius 3 is 2.95 bits per heavy atom. The summed E-state index contributed by atoms with van der Waals surface area (Å²) in [5.41, 5.74) is 1.25. The molecule has 0 aliphatic rings. The Balaban J connectivity index is 1.80. The first kappa shape index (κ1) is 16.0. The summed E-state index contributed by atoms with van der Waals surface area (Å²) in [5, 5.41) is 10.9. The Morgan fingerprint density at radius 1 is 1.33 bits per heavy atom. The van der Waals surface area contributed by atoms with Gasteiger partial charge in [-0.25, -0.2) is 4.99 Å². The van der Waals surface area contributed by atoms with Crippen molar-refractivity contribution in [3.63, 3.8) is 0 Å². The van der Waals surface area contributed by atoms with Gasteiger partial charge in [0.1, 0.15) is 5.76 Å². The van der Waals surface area contributed by atoms with Gasteiger partial charge in [0.05, 0.1) is 12.8 Å². The number of hydrogen-bond donors (Lipinski definition) is 2. The minimum Gasteiger partial charge on any atom is -0.469 e. The molecule has 0 amide bonds. The van der Waals surface area contributed by atoms with Crippen molar-refractivity contribution in [2.24, 2.45) is 4.99 Å². The second-order valence-corrected chi connectivity index (χ2v) is 6.24. The largest absolute Gasteiger partial charge is 0.469 e. The van der Waals surface area contributed by atoms with E-state index in [1.165, 1.54) is 5.56 Å². The molecule has 4 nitrogen and oxygen atoms in total. The van der Waals surface area contributed by atoms with Gasteiger partial charge < -0.3 is 15.1 Å². The maximum absolute atomic E-state index is 5.33. The van der Waals surface area contributed by atoms with Crippen molar-refractivity contribution in [3.05, 3.63) is 46.5 Å². The van der Waals surface area contributed by atoms with Gasteiger partial charge in [0.25, 0.3) is 0 Å². The first-order valence-electron chi connectivity index (χ1n) is 6.93. The summed E-state index contributed by atoms with van der Waals surface area (Å²) in [6.45, 7) is 2.43. The Bertz CT molecular complexity index is 509. The maximum Gasteiger partial charge on any atom is 0.191 e. The lowest BCUT2D eigenvalue weighted by Gasteiger charge is -2.11. The fourth-order valence-electron chi connectivity index (χ4n) is 1.76. The van der Waals surface area contributed by atoms with Gasteiger partial charge in [-0.15, -0.1) is 0 Å². The van der Waals surface area contributed by atoms with Crippen molar-refractivity contribution in [2.75, 3.05) is 25.1 Å². The highest BCUT2D eigenvalue weighted by molar-refractivity contribution is 7.98. The first-order chi connectivity index (χ1) is 10.4. The molecule has 2 N–H and O–H groups in total. The molecule has 0 unspecified atom stereocenters. The number of furan rings is 1. The van der Waals surface area contributed by atoms with E-state index in [4.69, 9.17) is 4.42 Å². The molecule has 2 aromatic heterocycles. The van der Waals surface area contributed by atoms with Crippen LogP contribution in [-0.4, -0.2) is 31.1 Å². The molecule has 0 radical (unpaired) electrons. The van der Waals surface area contributed by atoms with Crippen molar-refractivity contribution in [3.8, 4) is 0 Å². The minimum atomic E-state index is 0.707. The number of hydrogen-bond acceptors (Lipinski definition) is 4. The highest BCUT2D eigenvalue weighted by Gasteiger charge is 2.00. The number of thiophene rings is 1. The van der Waals surface area contributed by atoms with Crippen LogP contribution >= 0.6 is 23.1 Å². The lowest BCUT2D eigenvalue weighted by atomic mass is 10.3. The summed E-state index contributed by atoms with van der Waals surface area (Å²) in [6, 6.07) is 6.01. The van der Waals surface area contributed by atoms with Gasteiger partial charge in [-0.05, 0) is 40.8 Å². The van der Waals surface area contributed by atoms with Crippen molar-refractivity contribution in [2.45, 2.75) is 13.0 Å². The van der Waals surface area contributed by atoms with Crippen LogP contribution < -0.4 is 10.6 Å². The Kier molecular flexibility index (Phi) is 7.24. The Morgan fingerprint density at radius 2 is 2.24 bits per heavy atom. The zero-order valence-corrected chi connectivity index (χ0v) is 13.8. The van der Waals surface area contributed by atoms with E-state index in [0.717, 1.165) is 37.0 Å². The molecule has 114 valence electrons. The first-order valence-corrected chi connectivity index (χ1v) is 9.26. The summed E-state index contributed by atoms with van der Waals surface area (Å²) in [5.74, 6) is 2.92. The molecule has 0 bridgehead atoms. The van der Waals surface area contributed by atoms with E-state index in [-0.39, 0.29) is 0 Å². The molecule has 0 spiro atoms. The van der Waals surface area contributed by atoms with E-state index >= 15 is 0 Å². The lowest BCUT2D eigenvalue weighted by Crippen LogP contribution is -2.39. The van der Waals surface area contributed by atoms with E-state index in [2.05, 4.69) is 38.7 Å². The van der Waals surface area contributed by atoms with E-state index < -0.39 is 0 Å². The zero-order chi connectivity index (χ0) is 14.8. The summed E-state index contributed by atoms with van der Waals surface area (Å²) in [6.07, 6.45) is 4.67. The standard InChI is InChI=1S/C15H21N3OS2/c1-20-10-7-17-15(18-11-13-5-9-21-12-13)16-6-4-14-3-2-8-19-14/h2-3,5,8-9,12H,4,6-7,10-11H2,1H3,(H2,16,17,18). The van der Waals surface area contributed by atoms with Crippen LogP contribution in [0.5, 0.6) is 0 Å². The average Bonchev–Trinajstić information content (AvgIpc) is 3.18. The smallest absolute Gasteiger partial charge is 0.191 e. The minimum absolute atomic E-state index is 0.707. The van der Waals surface area contributed by atoms with Crippen LogP contribution in [0.4, 0.5) is 0 Å². The second kappa shape index (κ2) is 9.52. The number of nitrogens with zero attached hydrogens (tertiary/aromatic N) is 1. The van der Waals surface area contributed by atoms with Gasteiger partial charge in [-0.2, -0.15) is 23.1 Å². The van der Waals surface area contributed by atoms with E-state index in [1.807, 2.05) is 23.9 Å². The molecule has 0 aliphatic carbocycles. The van der Waals surface area contributed by atoms with Crippen molar-refractivity contribution >= 4 is 29.1 Å². The quantitative estimate of drug-likeness (QED) is 0.445. The number of guanidine groups is 1. The summed E-state index contributed by atoms with van der Waals surface area (Å²) in [7, 11) is 0. The van der Waals surface area contributed by atoms with Gasteiger partial charge >= 0.3 is 0 Å². The normalized spacial score (nSPS) is 11.6. The van der Waals surface area contributed by atoms with Crippen LogP contribution in [-0.2, 0) is 13.0 Å². The molecule has 6 heteroatoms. The average molecular weight is 323 g/mol. The second-order valence-electron chi connectivity index (χ2n) is 4.47. The molecule has 21 heavy (non-hydrogen) atoms. The number of aliphatic imine (C=N–C) groups is 1. The SMILES string of the molecule is CSCCNC(=NCc1ccsc1)NCCc1ccco1. The van der Waals surface area contributed by atoms with E-state index in [0.29, 0.717) is 6.54 Å². The molecule has 0 aromatic carbocycles. The van der Waals surface area contributed by atoms with Crippen LogP contribution in [0.25, 0.3) is 0 Å². The Labute approximate surface area is 134 Å². The fourth-order valence-corrected chi connectivity index (χ4v) is 2.72. The summed E-state index contributed by atoms with van der Waals surface area (Å²) in [4.78, 5) is 4.62. The predicted octanol–water partition coefficient (Wildman–Crippen LogP) is 2.98. The molecule has 0 saturated carbocycles. The summed E-state index contributed by atoms with van der Waals surface area (Å²) >= 11 is 3.53. The highest BCUT2D eigenvalue weighted by Crippen LogP contribution is 2.06. The van der Waals surface area contributed by atoms with Gasteiger partial charge in [0.2, 0.25) is 0 Å². The third kappa shape index (κ3) is 6.27. The van der Waals surface area contributed by atoms with E-state index in [1.54, 1.807) is 17.6 Å².